The van der Waals surface area contributed by atoms with Crippen LogP contribution in [0, 0.1) is 5.41 Å². The summed E-state index contributed by atoms with van der Waals surface area (Å²) >= 11 is 0. The van der Waals surface area contributed by atoms with E-state index in [2.05, 4.69) is 6.92 Å². The van der Waals surface area contributed by atoms with Gasteiger partial charge in [0.1, 0.15) is 0 Å². The predicted molar refractivity (Wildman–Crippen MR) is 96.1 cm³/mol. The Morgan fingerprint density at radius 2 is 1.91 bits per heavy atom. The third-order valence-corrected chi connectivity index (χ3v) is 4.08. The minimum atomic E-state index is 0.122. The number of benzene rings is 2. The van der Waals surface area contributed by atoms with Crippen molar-refractivity contribution in [1.82, 2.24) is 4.90 Å². The Kier molecular flexibility index (Phi) is 6.29. The standard InChI is InChI=1S/C19H25N3O/c1-2-3-11-22(12-10-20)19(23)13-15-8-9-16(14-21)18-7-5-4-6-17(15)18/h4-9,14,21H,2-3,10-13,20H2,1H3. The van der Waals surface area contributed by atoms with Crippen LogP contribution in [0.15, 0.2) is 36.4 Å². The molecule has 0 spiro atoms. The molecular weight excluding hydrogens is 286 g/mol. The first-order valence-electron chi connectivity index (χ1n) is 8.20. The number of unbranched alkanes of at least 4 members (excludes halogenated alkanes) is 1. The summed E-state index contributed by atoms with van der Waals surface area (Å²) < 4.78 is 0. The molecule has 1 amide bonds. The maximum atomic E-state index is 12.6. The van der Waals surface area contributed by atoms with Crippen molar-refractivity contribution >= 4 is 22.9 Å². The molecule has 4 heteroatoms. The summed E-state index contributed by atoms with van der Waals surface area (Å²) in [5.41, 5.74) is 7.53. The molecule has 2 rings (SSSR count). The number of carbonyl (C=O) groups is 1. The summed E-state index contributed by atoms with van der Waals surface area (Å²) in [7, 11) is 0. The number of rotatable bonds is 8. The molecule has 0 aliphatic rings. The van der Waals surface area contributed by atoms with Gasteiger partial charge in [-0.3, -0.25) is 4.79 Å². The molecule has 0 fully saturated rings. The van der Waals surface area contributed by atoms with Gasteiger partial charge in [0, 0.05) is 25.8 Å². The highest BCUT2D eigenvalue weighted by Crippen LogP contribution is 2.22. The van der Waals surface area contributed by atoms with Crippen LogP contribution >= 0.6 is 0 Å². The molecule has 0 aliphatic carbocycles. The van der Waals surface area contributed by atoms with Crippen LogP contribution in [0.25, 0.3) is 10.8 Å². The van der Waals surface area contributed by atoms with Crippen LogP contribution in [-0.4, -0.2) is 36.7 Å². The SMILES string of the molecule is CCCCN(CCN)C(=O)Cc1ccc(C=N)c2ccccc12. The first-order valence-corrected chi connectivity index (χ1v) is 8.20. The lowest BCUT2D eigenvalue weighted by atomic mass is 9.98. The lowest BCUT2D eigenvalue weighted by molar-refractivity contribution is -0.130. The van der Waals surface area contributed by atoms with Crippen molar-refractivity contribution in [2.45, 2.75) is 26.2 Å². The van der Waals surface area contributed by atoms with Crippen LogP contribution in [-0.2, 0) is 11.2 Å². The van der Waals surface area contributed by atoms with Gasteiger partial charge in [-0.15, -0.1) is 0 Å². The van der Waals surface area contributed by atoms with E-state index < -0.39 is 0 Å². The largest absolute Gasteiger partial charge is 0.341 e. The number of nitrogens with zero attached hydrogens (tertiary/aromatic N) is 1. The van der Waals surface area contributed by atoms with Gasteiger partial charge in [0.25, 0.3) is 0 Å². The van der Waals surface area contributed by atoms with Gasteiger partial charge in [-0.2, -0.15) is 0 Å². The molecule has 0 aromatic heterocycles. The Morgan fingerprint density at radius 3 is 2.57 bits per heavy atom. The van der Waals surface area contributed by atoms with Crippen LogP contribution in [0.5, 0.6) is 0 Å². The molecule has 0 saturated carbocycles. The number of amides is 1. The summed E-state index contributed by atoms with van der Waals surface area (Å²) in [6.45, 7) is 3.98. The first kappa shape index (κ1) is 17.2. The highest BCUT2D eigenvalue weighted by Gasteiger charge is 2.15. The van der Waals surface area contributed by atoms with Crippen molar-refractivity contribution in [3.63, 3.8) is 0 Å². The lowest BCUT2D eigenvalue weighted by Gasteiger charge is -2.22. The Balaban J connectivity index is 2.26. The van der Waals surface area contributed by atoms with E-state index in [1.165, 1.54) is 6.21 Å². The fourth-order valence-electron chi connectivity index (χ4n) is 2.81. The Hall–Kier alpha value is -2.20. The van der Waals surface area contributed by atoms with Gasteiger partial charge in [0.15, 0.2) is 0 Å². The second-order valence-corrected chi connectivity index (χ2v) is 5.70. The molecule has 0 saturated heterocycles. The van der Waals surface area contributed by atoms with Gasteiger partial charge in [0.2, 0.25) is 5.91 Å². The summed E-state index contributed by atoms with van der Waals surface area (Å²) in [6, 6.07) is 11.8. The normalized spacial score (nSPS) is 10.7. The smallest absolute Gasteiger partial charge is 0.227 e. The molecule has 3 N–H and O–H groups in total. The zero-order valence-electron chi connectivity index (χ0n) is 13.7. The van der Waals surface area contributed by atoms with E-state index in [4.69, 9.17) is 11.1 Å². The summed E-state index contributed by atoms with van der Waals surface area (Å²) in [4.78, 5) is 14.5. The number of nitrogens with two attached hydrogens (primary N) is 1. The topological polar surface area (TPSA) is 70.2 Å². The predicted octanol–water partition coefficient (Wildman–Crippen LogP) is 2.97. The second-order valence-electron chi connectivity index (χ2n) is 5.70. The highest BCUT2D eigenvalue weighted by atomic mass is 16.2. The van der Waals surface area contributed by atoms with Gasteiger partial charge < -0.3 is 16.0 Å². The van der Waals surface area contributed by atoms with Gasteiger partial charge in [-0.1, -0.05) is 49.7 Å². The third-order valence-electron chi connectivity index (χ3n) is 4.08. The van der Waals surface area contributed by atoms with Gasteiger partial charge >= 0.3 is 0 Å². The van der Waals surface area contributed by atoms with Crippen LogP contribution in [0.3, 0.4) is 0 Å². The Bertz CT molecular complexity index is 681. The van der Waals surface area contributed by atoms with E-state index in [1.807, 2.05) is 41.3 Å². The van der Waals surface area contributed by atoms with Crippen molar-refractivity contribution < 1.29 is 4.79 Å². The summed E-state index contributed by atoms with van der Waals surface area (Å²) in [5, 5.41) is 9.59. The molecular formula is C19H25N3O. The van der Waals surface area contributed by atoms with Crippen molar-refractivity contribution in [2.75, 3.05) is 19.6 Å². The molecule has 2 aromatic carbocycles. The van der Waals surface area contributed by atoms with E-state index >= 15 is 0 Å². The number of hydrogen-bond donors (Lipinski definition) is 2. The van der Waals surface area contributed by atoms with Crippen LogP contribution in [0.4, 0.5) is 0 Å². The molecule has 122 valence electrons. The van der Waals surface area contributed by atoms with Crippen molar-refractivity contribution in [3.05, 3.63) is 47.5 Å². The van der Waals surface area contributed by atoms with Crippen molar-refractivity contribution in [3.8, 4) is 0 Å². The van der Waals surface area contributed by atoms with E-state index in [0.717, 1.165) is 41.3 Å². The van der Waals surface area contributed by atoms with Gasteiger partial charge in [-0.25, -0.2) is 0 Å². The van der Waals surface area contributed by atoms with Crippen LogP contribution in [0.2, 0.25) is 0 Å². The van der Waals surface area contributed by atoms with Gasteiger partial charge in [-0.05, 0) is 28.3 Å². The number of carbonyl (C=O) groups excluding carboxylic acids is 1. The fraction of sp³-hybridized carbons (Fsp3) is 0.368. The average molecular weight is 311 g/mol. The highest BCUT2D eigenvalue weighted by molar-refractivity contribution is 6.01. The second kappa shape index (κ2) is 8.44. The van der Waals surface area contributed by atoms with E-state index in [1.54, 1.807) is 0 Å². The monoisotopic (exact) mass is 311 g/mol. The third kappa shape index (κ3) is 4.17. The molecule has 2 aromatic rings. The minimum absolute atomic E-state index is 0.122. The molecule has 0 radical (unpaired) electrons. The summed E-state index contributed by atoms with van der Waals surface area (Å²) in [5.74, 6) is 0.122. The maximum Gasteiger partial charge on any atom is 0.227 e. The van der Waals surface area contributed by atoms with Crippen molar-refractivity contribution in [1.29, 1.82) is 5.41 Å². The zero-order valence-corrected chi connectivity index (χ0v) is 13.7. The molecule has 0 atom stereocenters. The summed E-state index contributed by atoms with van der Waals surface area (Å²) in [6.07, 6.45) is 3.79. The Morgan fingerprint density at radius 1 is 1.17 bits per heavy atom. The molecule has 0 bridgehead atoms. The van der Waals surface area contributed by atoms with Crippen LogP contribution < -0.4 is 5.73 Å². The lowest BCUT2D eigenvalue weighted by Crippen LogP contribution is -2.37. The zero-order chi connectivity index (χ0) is 16.7. The van der Waals surface area contributed by atoms with Gasteiger partial charge in [0.05, 0.1) is 6.42 Å². The molecule has 0 heterocycles. The van der Waals surface area contributed by atoms with E-state index in [9.17, 15) is 4.79 Å². The van der Waals surface area contributed by atoms with Crippen molar-refractivity contribution in [2.24, 2.45) is 5.73 Å². The van der Waals surface area contributed by atoms with Crippen LogP contribution in [0.1, 0.15) is 30.9 Å². The quantitative estimate of drug-likeness (QED) is 0.736. The first-order chi connectivity index (χ1) is 11.2. The number of fused-ring (bicyclic) bond motifs is 1. The minimum Gasteiger partial charge on any atom is -0.341 e. The molecule has 0 unspecified atom stereocenters. The molecule has 23 heavy (non-hydrogen) atoms. The average Bonchev–Trinajstić information content (AvgIpc) is 2.58. The molecule has 4 nitrogen and oxygen atoms in total. The van der Waals surface area contributed by atoms with E-state index in [0.29, 0.717) is 19.5 Å². The number of nitrogens with one attached hydrogen (secondary N) is 1. The Labute approximate surface area is 137 Å². The fourth-order valence-corrected chi connectivity index (χ4v) is 2.81. The maximum absolute atomic E-state index is 12.6. The molecule has 0 aliphatic heterocycles. The number of hydrogen-bond acceptors (Lipinski definition) is 3. The van der Waals surface area contributed by atoms with E-state index in [-0.39, 0.29) is 5.91 Å².